The second kappa shape index (κ2) is 3.55. The topological polar surface area (TPSA) is 56.2 Å². The molecular weight excluding hydrogens is 200 g/mol. The highest BCUT2D eigenvalue weighted by Gasteiger charge is 2.11. The first-order chi connectivity index (χ1) is 6.74. The Morgan fingerprint density at radius 3 is 3.07 bits per heavy atom. The van der Waals surface area contributed by atoms with Crippen LogP contribution in [-0.4, -0.2) is 21.1 Å². The Hall–Kier alpha value is -1.13. The standard InChI is InChI=1S/C9H11ClN4/c1-6(4-11)7-2-3-8-9(10)12-5-13-14(7)8/h2-3,5-6H,4,11H2,1H3. The fourth-order valence-electron chi connectivity index (χ4n) is 1.42. The van der Waals surface area contributed by atoms with E-state index in [1.54, 1.807) is 4.52 Å². The van der Waals surface area contributed by atoms with Crippen molar-refractivity contribution >= 4 is 17.1 Å². The molecule has 14 heavy (non-hydrogen) atoms. The van der Waals surface area contributed by atoms with Gasteiger partial charge < -0.3 is 5.73 Å². The van der Waals surface area contributed by atoms with Crippen LogP contribution in [0.5, 0.6) is 0 Å². The summed E-state index contributed by atoms with van der Waals surface area (Å²) in [5.41, 5.74) is 7.49. The van der Waals surface area contributed by atoms with Gasteiger partial charge in [-0.05, 0) is 12.1 Å². The minimum atomic E-state index is 0.267. The van der Waals surface area contributed by atoms with Crippen molar-refractivity contribution in [1.29, 1.82) is 0 Å². The van der Waals surface area contributed by atoms with Crippen LogP contribution in [-0.2, 0) is 0 Å². The molecule has 2 aromatic rings. The molecule has 74 valence electrons. The van der Waals surface area contributed by atoms with Crippen LogP contribution in [0.25, 0.3) is 5.52 Å². The molecule has 4 nitrogen and oxygen atoms in total. The van der Waals surface area contributed by atoms with Gasteiger partial charge in [0.1, 0.15) is 11.8 Å². The summed E-state index contributed by atoms with van der Waals surface area (Å²) in [4.78, 5) is 3.91. The van der Waals surface area contributed by atoms with E-state index in [1.807, 2.05) is 12.1 Å². The van der Waals surface area contributed by atoms with Crippen molar-refractivity contribution in [2.45, 2.75) is 12.8 Å². The van der Waals surface area contributed by atoms with Gasteiger partial charge in [0.15, 0.2) is 5.15 Å². The van der Waals surface area contributed by atoms with E-state index < -0.39 is 0 Å². The molecular formula is C9H11ClN4. The number of aromatic nitrogens is 3. The molecule has 2 heterocycles. The van der Waals surface area contributed by atoms with Gasteiger partial charge in [-0.25, -0.2) is 9.50 Å². The summed E-state index contributed by atoms with van der Waals surface area (Å²) in [7, 11) is 0. The minimum Gasteiger partial charge on any atom is -0.330 e. The van der Waals surface area contributed by atoms with Crippen molar-refractivity contribution in [3.05, 3.63) is 29.3 Å². The third-order valence-corrected chi connectivity index (χ3v) is 2.58. The van der Waals surface area contributed by atoms with E-state index in [0.29, 0.717) is 11.7 Å². The first kappa shape index (κ1) is 9.43. The number of rotatable bonds is 2. The fraction of sp³-hybridized carbons (Fsp3) is 0.333. The van der Waals surface area contributed by atoms with Crippen molar-refractivity contribution in [2.75, 3.05) is 6.54 Å². The molecule has 0 saturated heterocycles. The second-order valence-electron chi connectivity index (χ2n) is 3.24. The molecule has 0 spiro atoms. The molecule has 0 aromatic carbocycles. The third-order valence-electron chi connectivity index (χ3n) is 2.29. The highest BCUT2D eigenvalue weighted by Crippen LogP contribution is 2.20. The van der Waals surface area contributed by atoms with Crippen LogP contribution < -0.4 is 5.73 Å². The van der Waals surface area contributed by atoms with Gasteiger partial charge in [-0.1, -0.05) is 18.5 Å². The Morgan fingerprint density at radius 1 is 1.57 bits per heavy atom. The van der Waals surface area contributed by atoms with Crippen molar-refractivity contribution in [1.82, 2.24) is 14.6 Å². The highest BCUT2D eigenvalue weighted by atomic mass is 35.5. The predicted molar refractivity (Wildman–Crippen MR) is 55.5 cm³/mol. The Labute approximate surface area is 86.7 Å². The monoisotopic (exact) mass is 210 g/mol. The molecule has 0 aliphatic carbocycles. The summed E-state index contributed by atoms with van der Waals surface area (Å²) in [5.74, 6) is 0.267. The van der Waals surface area contributed by atoms with E-state index in [4.69, 9.17) is 17.3 Å². The molecule has 0 bridgehead atoms. The van der Waals surface area contributed by atoms with Gasteiger partial charge in [0.05, 0.1) is 0 Å². The van der Waals surface area contributed by atoms with Crippen LogP contribution in [0, 0.1) is 0 Å². The number of hydrogen-bond donors (Lipinski definition) is 1. The van der Waals surface area contributed by atoms with Gasteiger partial charge in [0.2, 0.25) is 0 Å². The minimum absolute atomic E-state index is 0.267. The number of nitrogens with zero attached hydrogens (tertiary/aromatic N) is 3. The molecule has 2 N–H and O–H groups in total. The molecule has 0 aliphatic heterocycles. The van der Waals surface area contributed by atoms with Crippen LogP contribution in [0.2, 0.25) is 5.15 Å². The summed E-state index contributed by atoms with van der Waals surface area (Å²) in [5, 5.41) is 4.60. The van der Waals surface area contributed by atoms with E-state index in [2.05, 4.69) is 17.0 Å². The quantitative estimate of drug-likeness (QED) is 0.816. The molecule has 1 unspecified atom stereocenters. The molecule has 0 fully saturated rings. The zero-order valence-corrected chi connectivity index (χ0v) is 8.57. The summed E-state index contributed by atoms with van der Waals surface area (Å²) in [6.45, 7) is 2.64. The predicted octanol–water partition coefficient (Wildman–Crippen LogP) is 1.44. The van der Waals surface area contributed by atoms with Gasteiger partial charge >= 0.3 is 0 Å². The van der Waals surface area contributed by atoms with Crippen molar-refractivity contribution in [2.24, 2.45) is 5.73 Å². The normalized spacial score (nSPS) is 13.4. The molecule has 2 rings (SSSR count). The number of fused-ring (bicyclic) bond motifs is 1. The van der Waals surface area contributed by atoms with Crippen LogP contribution in [0.4, 0.5) is 0 Å². The second-order valence-corrected chi connectivity index (χ2v) is 3.60. The zero-order valence-electron chi connectivity index (χ0n) is 7.81. The van der Waals surface area contributed by atoms with E-state index in [-0.39, 0.29) is 5.92 Å². The van der Waals surface area contributed by atoms with E-state index in [0.717, 1.165) is 11.2 Å². The van der Waals surface area contributed by atoms with Crippen molar-refractivity contribution < 1.29 is 0 Å². The lowest BCUT2D eigenvalue weighted by molar-refractivity contribution is 0.703. The summed E-state index contributed by atoms with van der Waals surface area (Å²) in [6.07, 6.45) is 1.45. The van der Waals surface area contributed by atoms with Gasteiger partial charge in [-0.3, -0.25) is 0 Å². The number of nitrogens with two attached hydrogens (primary N) is 1. The Bertz CT molecular complexity index is 451. The van der Waals surface area contributed by atoms with E-state index in [9.17, 15) is 0 Å². The molecule has 0 amide bonds. The maximum atomic E-state index is 5.92. The lowest BCUT2D eigenvalue weighted by Gasteiger charge is -2.07. The number of halogens is 1. The largest absolute Gasteiger partial charge is 0.330 e. The Kier molecular flexibility index (Phi) is 2.39. The van der Waals surface area contributed by atoms with Crippen LogP contribution in [0.15, 0.2) is 18.5 Å². The molecule has 0 saturated carbocycles. The van der Waals surface area contributed by atoms with E-state index in [1.165, 1.54) is 6.33 Å². The Balaban J connectivity index is 2.63. The lowest BCUT2D eigenvalue weighted by atomic mass is 10.1. The van der Waals surface area contributed by atoms with Gasteiger partial charge in [-0.2, -0.15) is 5.10 Å². The number of hydrogen-bond acceptors (Lipinski definition) is 3. The average Bonchev–Trinajstić information content (AvgIpc) is 2.62. The first-order valence-corrected chi connectivity index (χ1v) is 4.80. The maximum Gasteiger partial charge on any atom is 0.156 e. The molecule has 0 aliphatic rings. The van der Waals surface area contributed by atoms with Gasteiger partial charge in [-0.15, -0.1) is 0 Å². The fourth-order valence-corrected chi connectivity index (χ4v) is 1.60. The summed E-state index contributed by atoms with van der Waals surface area (Å²) >= 11 is 5.92. The smallest absolute Gasteiger partial charge is 0.156 e. The molecule has 2 aromatic heterocycles. The lowest BCUT2D eigenvalue weighted by Crippen LogP contribution is -2.12. The zero-order chi connectivity index (χ0) is 10.1. The molecule has 0 radical (unpaired) electrons. The van der Waals surface area contributed by atoms with Crippen LogP contribution in [0.1, 0.15) is 18.5 Å². The Morgan fingerprint density at radius 2 is 2.36 bits per heavy atom. The highest BCUT2D eigenvalue weighted by molar-refractivity contribution is 6.32. The van der Waals surface area contributed by atoms with Gasteiger partial charge in [0, 0.05) is 18.2 Å². The molecule has 5 heteroatoms. The SMILES string of the molecule is CC(CN)c1ccc2c(Cl)ncnn12. The van der Waals surface area contributed by atoms with Crippen LogP contribution >= 0.6 is 11.6 Å². The first-order valence-electron chi connectivity index (χ1n) is 4.42. The van der Waals surface area contributed by atoms with Crippen LogP contribution in [0.3, 0.4) is 0 Å². The van der Waals surface area contributed by atoms with Crippen molar-refractivity contribution in [3.8, 4) is 0 Å². The van der Waals surface area contributed by atoms with Gasteiger partial charge in [0.25, 0.3) is 0 Å². The maximum absolute atomic E-state index is 5.92. The summed E-state index contributed by atoms with van der Waals surface area (Å²) in [6, 6.07) is 3.89. The van der Waals surface area contributed by atoms with E-state index >= 15 is 0 Å². The average molecular weight is 211 g/mol. The molecule has 1 atom stereocenters. The summed E-state index contributed by atoms with van der Waals surface area (Å²) < 4.78 is 1.78. The third kappa shape index (κ3) is 1.36. The van der Waals surface area contributed by atoms with Crippen molar-refractivity contribution in [3.63, 3.8) is 0 Å².